The van der Waals surface area contributed by atoms with Crippen molar-refractivity contribution in [3.63, 3.8) is 0 Å². The van der Waals surface area contributed by atoms with Crippen LogP contribution in [0.25, 0.3) is 22.3 Å². The fourth-order valence-corrected chi connectivity index (χ4v) is 2.58. The van der Waals surface area contributed by atoms with Crippen molar-refractivity contribution >= 4 is 16.7 Å². The van der Waals surface area contributed by atoms with E-state index >= 15 is 0 Å². The largest absolute Gasteiger partial charge is 0.383 e. The van der Waals surface area contributed by atoms with Gasteiger partial charge in [0.1, 0.15) is 5.82 Å². The average molecular weight is 278 g/mol. The third-order valence-corrected chi connectivity index (χ3v) is 4.13. The zero-order valence-corrected chi connectivity index (χ0v) is 11.6. The van der Waals surface area contributed by atoms with Crippen LogP contribution in [-0.4, -0.2) is 25.1 Å². The second-order valence-electron chi connectivity index (χ2n) is 5.71. The van der Waals surface area contributed by atoms with Gasteiger partial charge < -0.3 is 5.73 Å². The highest BCUT2D eigenvalue weighted by atomic mass is 15.1. The molecule has 0 atom stereocenters. The number of aromatic nitrogens is 5. The number of hydrogen-bond donors (Lipinski definition) is 1. The summed E-state index contributed by atoms with van der Waals surface area (Å²) in [5, 5.41) is 8.54. The molecule has 3 heterocycles. The molecule has 0 unspecified atom stereocenters. The predicted molar refractivity (Wildman–Crippen MR) is 79.4 cm³/mol. The monoisotopic (exact) mass is 278 g/mol. The SMILES string of the molecule is CC1(c2cncc3nc(-c4ccnnc4)nc(N)c23)CC1. The first-order valence-electron chi connectivity index (χ1n) is 6.86. The van der Waals surface area contributed by atoms with Gasteiger partial charge in [0.05, 0.1) is 24.1 Å². The summed E-state index contributed by atoms with van der Waals surface area (Å²) in [5.41, 5.74) is 9.10. The van der Waals surface area contributed by atoms with Crippen molar-refractivity contribution in [2.75, 3.05) is 5.73 Å². The molecule has 3 aromatic rings. The molecule has 0 amide bonds. The van der Waals surface area contributed by atoms with Crippen molar-refractivity contribution in [2.24, 2.45) is 0 Å². The average Bonchev–Trinajstić information content (AvgIpc) is 3.26. The summed E-state index contributed by atoms with van der Waals surface area (Å²) in [4.78, 5) is 13.4. The summed E-state index contributed by atoms with van der Waals surface area (Å²) in [5.74, 6) is 1.05. The molecule has 3 aromatic heterocycles. The molecule has 0 spiro atoms. The highest BCUT2D eigenvalue weighted by Crippen LogP contribution is 2.50. The number of nitrogens with two attached hydrogens (primary N) is 1. The van der Waals surface area contributed by atoms with E-state index in [0.717, 1.165) is 34.9 Å². The van der Waals surface area contributed by atoms with Crippen LogP contribution in [0, 0.1) is 0 Å². The van der Waals surface area contributed by atoms with Gasteiger partial charge in [-0.15, -0.1) is 0 Å². The summed E-state index contributed by atoms with van der Waals surface area (Å²) in [6.45, 7) is 2.23. The fourth-order valence-electron chi connectivity index (χ4n) is 2.58. The van der Waals surface area contributed by atoms with Crippen molar-refractivity contribution in [1.82, 2.24) is 25.1 Å². The maximum Gasteiger partial charge on any atom is 0.163 e. The van der Waals surface area contributed by atoms with Gasteiger partial charge in [0.2, 0.25) is 0 Å². The van der Waals surface area contributed by atoms with E-state index in [1.165, 1.54) is 0 Å². The Bertz CT molecular complexity index is 826. The minimum Gasteiger partial charge on any atom is -0.383 e. The molecule has 1 aliphatic carbocycles. The molecular weight excluding hydrogens is 264 g/mol. The van der Waals surface area contributed by atoms with Gasteiger partial charge in [0.15, 0.2) is 5.82 Å². The lowest BCUT2D eigenvalue weighted by Gasteiger charge is -2.13. The molecule has 4 rings (SSSR count). The fraction of sp³-hybridized carbons (Fsp3) is 0.267. The number of fused-ring (bicyclic) bond motifs is 1. The molecule has 1 aliphatic rings. The van der Waals surface area contributed by atoms with Crippen LogP contribution in [0.4, 0.5) is 5.82 Å². The number of rotatable bonds is 2. The normalized spacial score (nSPS) is 16.0. The molecule has 0 aromatic carbocycles. The standard InChI is InChI=1S/C15H14N6/c1-15(3-4-15)10-7-17-8-11-12(10)13(16)21-14(20-11)9-2-5-18-19-6-9/h2,5-8H,3-4H2,1H3,(H2,16,20,21). The number of hydrogen-bond acceptors (Lipinski definition) is 6. The Hall–Kier alpha value is -2.63. The molecule has 21 heavy (non-hydrogen) atoms. The van der Waals surface area contributed by atoms with Gasteiger partial charge in [-0.2, -0.15) is 10.2 Å². The molecule has 6 nitrogen and oxygen atoms in total. The van der Waals surface area contributed by atoms with E-state index in [9.17, 15) is 0 Å². The first-order valence-corrected chi connectivity index (χ1v) is 6.86. The molecule has 104 valence electrons. The highest BCUT2D eigenvalue weighted by molar-refractivity contribution is 5.92. The predicted octanol–water partition coefficient (Wildman–Crippen LogP) is 2.12. The number of pyridine rings is 1. The van der Waals surface area contributed by atoms with Crippen LogP contribution in [0.2, 0.25) is 0 Å². The lowest BCUT2D eigenvalue weighted by molar-refractivity contribution is 0.790. The molecule has 1 fully saturated rings. The topological polar surface area (TPSA) is 90.5 Å². The Morgan fingerprint density at radius 3 is 2.67 bits per heavy atom. The van der Waals surface area contributed by atoms with Gasteiger partial charge in [-0.05, 0) is 29.9 Å². The smallest absolute Gasteiger partial charge is 0.163 e. The lowest BCUT2D eigenvalue weighted by atomic mass is 9.96. The number of nitrogens with zero attached hydrogens (tertiary/aromatic N) is 5. The third kappa shape index (κ3) is 1.91. The van der Waals surface area contributed by atoms with Gasteiger partial charge in [-0.3, -0.25) is 4.98 Å². The van der Waals surface area contributed by atoms with Crippen molar-refractivity contribution in [2.45, 2.75) is 25.2 Å². The Morgan fingerprint density at radius 1 is 1.10 bits per heavy atom. The van der Waals surface area contributed by atoms with Crippen LogP contribution < -0.4 is 5.73 Å². The molecule has 2 N–H and O–H groups in total. The van der Waals surface area contributed by atoms with Crippen molar-refractivity contribution in [1.29, 1.82) is 0 Å². The van der Waals surface area contributed by atoms with Crippen LogP contribution in [0.3, 0.4) is 0 Å². The van der Waals surface area contributed by atoms with Crippen LogP contribution in [0.15, 0.2) is 30.9 Å². The van der Waals surface area contributed by atoms with Gasteiger partial charge in [0.25, 0.3) is 0 Å². The second-order valence-corrected chi connectivity index (χ2v) is 5.71. The van der Waals surface area contributed by atoms with Gasteiger partial charge >= 0.3 is 0 Å². The van der Waals surface area contributed by atoms with E-state index in [0.29, 0.717) is 11.6 Å². The molecular formula is C15H14N6. The molecule has 0 radical (unpaired) electrons. The van der Waals surface area contributed by atoms with Gasteiger partial charge in [-0.1, -0.05) is 6.92 Å². The molecule has 0 aliphatic heterocycles. The number of nitrogen functional groups attached to an aromatic ring is 1. The van der Waals surface area contributed by atoms with E-state index in [2.05, 4.69) is 32.1 Å². The Balaban J connectivity index is 1.96. The zero-order valence-electron chi connectivity index (χ0n) is 11.6. The van der Waals surface area contributed by atoms with Crippen molar-refractivity contribution in [3.8, 4) is 11.4 Å². The van der Waals surface area contributed by atoms with Crippen LogP contribution >= 0.6 is 0 Å². The van der Waals surface area contributed by atoms with Crippen LogP contribution in [-0.2, 0) is 5.41 Å². The van der Waals surface area contributed by atoms with Crippen LogP contribution in [0.1, 0.15) is 25.3 Å². The zero-order chi connectivity index (χ0) is 14.4. The Labute approximate surface area is 121 Å². The Kier molecular flexibility index (Phi) is 2.42. The van der Waals surface area contributed by atoms with Gasteiger partial charge in [0, 0.05) is 17.1 Å². The summed E-state index contributed by atoms with van der Waals surface area (Å²) in [6.07, 6.45) is 9.18. The lowest BCUT2D eigenvalue weighted by Crippen LogP contribution is -2.06. The molecule has 6 heteroatoms. The number of anilines is 1. The first kappa shape index (κ1) is 12.1. The summed E-state index contributed by atoms with van der Waals surface area (Å²) in [6, 6.07) is 1.81. The quantitative estimate of drug-likeness (QED) is 0.772. The van der Waals surface area contributed by atoms with Crippen molar-refractivity contribution in [3.05, 3.63) is 36.4 Å². The molecule has 1 saturated carbocycles. The minimum absolute atomic E-state index is 0.170. The van der Waals surface area contributed by atoms with Gasteiger partial charge in [-0.25, -0.2) is 9.97 Å². The molecule has 0 bridgehead atoms. The molecule has 0 saturated heterocycles. The first-order chi connectivity index (χ1) is 10.2. The van der Waals surface area contributed by atoms with Crippen LogP contribution in [0.5, 0.6) is 0 Å². The van der Waals surface area contributed by atoms with E-state index in [1.54, 1.807) is 18.6 Å². The van der Waals surface area contributed by atoms with E-state index in [-0.39, 0.29) is 5.41 Å². The van der Waals surface area contributed by atoms with E-state index in [4.69, 9.17) is 5.73 Å². The summed E-state index contributed by atoms with van der Waals surface area (Å²) >= 11 is 0. The maximum atomic E-state index is 6.20. The van der Waals surface area contributed by atoms with Crippen molar-refractivity contribution < 1.29 is 0 Å². The summed E-state index contributed by atoms with van der Waals surface area (Å²) < 4.78 is 0. The highest BCUT2D eigenvalue weighted by Gasteiger charge is 2.41. The Morgan fingerprint density at radius 2 is 1.95 bits per heavy atom. The minimum atomic E-state index is 0.170. The third-order valence-electron chi connectivity index (χ3n) is 4.13. The summed E-state index contributed by atoms with van der Waals surface area (Å²) in [7, 11) is 0. The second kappa shape index (κ2) is 4.18. The van der Waals surface area contributed by atoms with E-state index in [1.807, 2.05) is 12.3 Å². The van der Waals surface area contributed by atoms with E-state index < -0.39 is 0 Å². The maximum absolute atomic E-state index is 6.20.